The predicted molar refractivity (Wildman–Crippen MR) is 107 cm³/mol. The summed E-state index contributed by atoms with van der Waals surface area (Å²) in [5.74, 6) is -0.613. The molecule has 5 rings (SSSR count). The van der Waals surface area contributed by atoms with E-state index >= 15 is 0 Å². The number of nitro groups is 1. The number of non-ortho nitro benzene ring substituents is 1. The summed E-state index contributed by atoms with van der Waals surface area (Å²) in [6, 6.07) is 17.5. The van der Waals surface area contributed by atoms with Crippen LogP contribution in [0.15, 0.2) is 60.7 Å². The van der Waals surface area contributed by atoms with Crippen molar-refractivity contribution < 1.29 is 14.5 Å². The molecule has 0 saturated heterocycles. The number of anilines is 1. The molecular weight excluding hydrogens is 370 g/mol. The van der Waals surface area contributed by atoms with Crippen molar-refractivity contribution in [3.8, 4) is 11.1 Å². The lowest BCUT2D eigenvalue weighted by Crippen LogP contribution is -2.34. The average molecular weight is 385 g/mol. The van der Waals surface area contributed by atoms with Crippen molar-refractivity contribution in [2.45, 2.75) is 6.42 Å². The van der Waals surface area contributed by atoms with Crippen LogP contribution in [-0.2, 0) is 6.42 Å². The Morgan fingerprint density at radius 3 is 2.14 bits per heavy atom. The number of nitrogens with one attached hydrogen (secondary N) is 1. The van der Waals surface area contributed by atoms with E-state index in [1.54, 1.807) is 36.4 Å². The van der Waals surface area contributed by atoms with Crippen molar-refractivity contribution >= 4 is 23.2 Å². The molecule has 0 aromatic heterocycles. The minimum Gasteiger partial charge on any atom is -0.367 e. The standard InChI is InChI=1S/C22H15N3O4/c26-21-19-3-1-2-4-20(19)22(27)24(21)12-23-15-5-7-17-13(10-15)9-14-11-16(25(28)29)6-8-18(14)17/h1-8,10-11,23H,9,12H2. The van der Waals surface area contributed by atoms with E-state index in [9.17, 15) is 19.7 Å². The van der Waals surface area contributed by atoms with Crippen LogP contribution in [-0.4, -0.2) is 28.3 Å². The lowest BCUT2D eigenvalue weighted by molar-refractivity contribution is -0.384. The molecule has 7 nitrogen and oxygen atoms in total. The molecular formula is C22H15N3O4. The van der Waals surface area contributed by atoms with Gasteiger partial charge in [-0.15, -0.1) is 0 Å². The number of carbonyl (C=O) groups is 2. The fourth-order valence-corrected chi connectivity index (χ4v) is 3.97. The normalized spacial score (nSPS) is 13.9. The summed E-state index contributed by atoms with van der Waals surface area (Å²) in [7, 11) is 0. The Labute approximate surface area is 165 Å². The summed E-state index contributed by atoms with van der Waals surface area (Å²) in [6.07, 6.45) is 0.606. The Morgan fingerprint density at radius 1 is 0.862 bits per heavy atom. The van der Waals surface area contributed by atoms with E-state index in [0.717, 1.165) is 27.9 Å². The van der Waals surface area contributed by atoms with Crippen LogP contribution < -0.4 is 5.32 Å². The molecule has 0 fully saturated rings. The zero-order valence-electron chi connectivity index (χ0n) is 15.2. The highest BCUT2D eigenvalue weighted by Gasteiger charge is 2.34. The molecule has 0 atom stereocenters. The summed E-state index contributed by atoms with van der Waals surface area (Å²) in [5, 5.41) is 14.2. The quantitative estimate of drug-likeness (QED) is 0.327. The summed E-state index contributed by atoms with van der Waals surface area (Å²) < 4.78 is 0. The van der Waals surface area contributed by atoms with Gasteiger partial charge in [-0.2, -0.15) is 0 Å². The predicted octanol–water partition coefficient (Wildman–Crippen LogP) is 3.83. The second-order valence-electron chi connectivity index (χ2n) is 7.07. The van der Waals surface area contributed by atoms with Gasteiger partial charge in [0.1, 0.15) is 0 Å². The first-order chi connectivity index (χ1) is 14.0. The molecule has 0 saturated carbocycles. The van der Waals surface area contributed by atoms with Crippen molar-refractivity contribution in [1.82, 2.24) is 4.90 Å². The highest BCUT2D eigenvalue weighted by Crippen LogP contribution is 2.39. The van der Waals surface area contributed by atoms with Crippen molar-refractivity contribution in [1.29, 1.82) is 0 Å². The molecule has 3 aromatic carbocycles. The van der Waals surface area contributed by atoms with Gasteiger partial charge in [0.15, 0.2) is 0 Å². The first-order valence-electron chi connectivity index (χ1n) is 9.12. The molecule has 1 aliphatic heterocycles. The highest BCUT2D eigenvalue weighted by molar-refractivity contribution is 6.21. The monoisotopic (exact) mass is 385 g/mol. The first-order valence-corrected chi connectivity index (χ1v) is 9.12. The van der Waals surface area contributed by atoms with Gasteiger partial charge < -0.3 is 5.32 Å². The lowest BCUT2D eigenvalue weighted by atomic mass is 10.1. The Kier molecular flexibility index (Phi) is 3.70. The SMILES string of the molecule is O=C1c2ccccc2C(=O)N1CNc1ccc2c(c1)Cc1cc([N+](=O)[O-])ccc1-2. The maximum absolute atomic E-state index is 12.5. The summed E-state index contributed by atoms with van der Waals surface area (Å²) in [6.45, 7) is 0.0730. The molecule has 2 amide bonds. The van der Waals surface area contributed by atoms with E-state index in [2.05, 4.69) is 5.32 Å². The number of hydrogen-bond donors (Lipinski definition) is 1. The third-order valence-electron chi connectivity index (χ3n) is 5.40. The molecule has 0 radical (unpaired) electrons. The van der Waals surface area contributed by atoms with Crippen molar-refractivity contribution in [3.05, 3.63) is 93.0 Å². The van der Waals surface area contributed by atoms with Gasteiger partial charge in [0.25, 0.3) is 17.5 Å². The van der Waals surface area contributed by atoms with Crippen molar-refractivity contribution in [2.75, 3.05) is 12.0 Å². The second kappa shape index (κ2) is 6.27. The van der Waals surface area contributed by atoms with E-state index in [1.165, 1.54) is 11.0 Å². The maximum Gasteiger partial charge on any atom is 0.269 e. The summed E-state index contributed by atoms with van der Waals surface area (Å²) >= 11 is 0. The molecule has 1 heterocycles. The number of rotatable bonds is 4. The molecule has 0 bridgehead atoms. The number of carbonyl (C=O) groups excluding carboxylic acids is 2. The van der Waals surface area contributed by atoms with E-state index in [-0.39, 0.29) is 24.2 Å². The molecule has 0 spiro atoms. The number of nitro benzene ring substituents is 1. The molecule has 3 aromatic rings. The van der Waals surface area contributed by atoms with Crippen LogP contribution in [0.2, 0.25) is 0 Å². The van der Waals surface area contributed by atoms with Gasteiger partial charge in [-0.1, -0.05) is 18.2 Å². The molecule has 29 heavy (non-hydrogen) atoms. The van der Waals surface area contributed by atoms with Gasteiger partial charge in [0, 0.05) is 17.8 Å². The van der Waals surface area contributed by atoms with Gasteiger partial charge in [-0.05, 0) is 59.0 Å². The third-order valence-corrected chi connectivity index (χ3v) is 5.40. The van der Waals surface area contributed by atoms with Crippen molar-refractivity contribution in [2.24, 2.45) is 0 Å². The fourth-order valence-electron chi connectivity index (χ4n) is 3.97. The zero-order valence-corrected chi connectivity index (χ0v) is 15.2. The number of benzene rings is 3. The van der Waals surface area contributed by atoms with Crippen LogP contribution in [0.4, 0.5) is 11.4 Å². The van der Waals surface area contributed by atoms with Crippen molar-refractivity contribution in [3.63, 3.8) is 0 Å². The van der Waals surface area contributed by atoms with Gasteiger partial charge in [-0.3, -0.25) is 24.6 Å². The maximum atomic E-state index is 12.5. The molecule has 2 aliphatic rings. The molecule has 7 heteroatoms. The number of amides is 2. The van der Waals surface area contributed by atoms with Gasteiger partial charge in [0.2, 0.25) is 0 Å². The number of imide groups is 1. The van der Waals surface area contributed by atoms with Gasteiger partial charge in [0.05, 0.1) is 22.7 Å². The zero-order chi connectivity index (χ0) is 20.1. The molecule has 0 unspecified atom stereocenters. The smallest absolute Gasteiger partial charge is 0.269 e. The van der Waals surface area contributed by atoms with Gasteiger partial charge >= 0.3 is 0 Å². The third kappa shape index (κ3) is 2.67. The summed E-state index contributed by atoms with van der Waals surface area (Å²) in [4.78, 5) is 36.7. The second-order valence-corrected chi connectivity index (χ2v) is 7.07. The van der Waals surface area contributed by atoms with Crippen LogP contribution in [0.1, 0.15) is 31.8 Å². The number of fused-ring (bicyclic) bond motifs is 4. The Balaban J connectivity index is 1.35. The van der Waals surface area contributed by atoms with Gasteiger partial charge in [-0.25, -0.2) is 0 Å². The van der Waals surface area contributed by atoms with Crippen LogP contribution in [0.3, 0.4) is 0 Å². The van der Waals surface area contributed by atoms with Crippen LogP contribution >= 0.6 is 0 Å². The number of hydrogen-bond acceptors (Lipinski definition) is 5. The largest absolute Gasteiger partial charge is 0.367 e. The lowest BCUT2D eigenvalue weighted by Gasteiger charge is -2.16. The van der Waals surface area contributed by atoms with E-state index in [1.807, 2.05) is 18.2 Å². The minimum absolute atomic E-state index is 0.0730. The number of nitrogens with zero attached hydrogens (tertiary/aromatic N) is 2. The Hall–Kier alpha value is -4.00. The van der Waals surface area contributed by atoms with Crippen LogP contribution in [0.5, 0.6) is 0 Å². The van der Waals surface area contributed by atoms with E-state index < -0.39 is 4.92 Å². The molecule has 1 N–H and O–H groups in total. The summed E-state index contributed by atoms with van der Waals surface area (Å²) in [5.41, 5.74) is 5.72. The highest BCUT2D eigenvalue weighted by atomic mass is 16.6. The molecule has 1 aliphatic carbocycles. The fraction of sp³-hybridized carbons (Fsp3) is 0.0909. The minimum atomic E-state index is -0.391. The van der Waals surface area contributed by atoms with E-state index in [0.29, 0.717) is 17.5 Å². The topological polar surface area (TPSA) is 92.6 Å². The Morgan fingerprint density at radius 2 is 1.48 bits per heavy atom. The van der Waals surface area contributed by atoms with Crippen LogP contribution in [0, 0.1) is 10.1 Å². The average Bonchev–Trinajstić information content (AvgIpc) is 3.21. The first kappa shape index (κ1) is 17.1. The molecule has 142 valence electrons. The Bertz CT molecular complexity index is 1180. The van der Waals surface area contributed by atoms with E-state index in [4.69, 9.17) is 0 Å². The van der Waals surface area contributed by atoms with Crippen LogP contribution in [0.25, 0.3) is 11.1 Å².